The fourth-order valence-electron chi connectivity index (χ4n) is 4.30. The molecule has 0 fully saturated rings. The van der Waals surface area contributed by atoms with Crippen LogP contribution in [0.2, 0.25) is 0 Å². The van der Waals surface area contributed by atoms with Gasteiger partial charge < -0.3 is 29.4 Å². The molecule has 4 aromatic rings. The van der Waals surface area contributed by atoms with Gasteiger partial charge >= 0.3 is 17.9 Å². The van der Waals surface area contributed by atoms with E-state index in [1.165, 1.54) is 25.3 Å². The van der Waals surface area contributed by atoms with Crippen LogP contribution in [-0.2, 0) is 56.2 Å². The van der Waals surface area contributed by atoms with E-state index >= 15 is 0 Å². The van der Waals surface area contributed by atoms with Crippen LogP contribution >= 0.6 is 0 Å². The third-order valence-electron chi connectivity index (χ3n) is 7.56. The maximum absolute atomic E-state index is 12.1. The Balaban J connectivity index is 0.000000293. The normalized spacial score (nSPS) is 9.98. The molecule has 4 rings (SSSR count). The maximum atomic E-state index is 12.1. The summed E-state index contributed by atoms with van der Waals surface area (Å²) in [5.74, 6) is -0.936. The van der Waals surface area contributed by atoms with Gasteiger partial charge in [0.2, 0.25) is 0 Å². The summed E-state index contributed by atoms with van der Waals surface area (Å²) in [6.45, 7) is 7.40. The van der Waals surface area contributed by atoms with Gasteiger partial charge in [-0.2, -0.15) is 0 Å². The molecular weight excluding hydrogens is 650 g/mol. The van der Waals surface area contributed by atoms with E-state index in [1.807, 2.05) is 79.7 Å². The van der Waals surface area contributed by atoms with E-state index in [2.05, 4.69) is 40.8 Å². The van der Waals surface area contributed by atoms with Gasteiger partial charge in [0.15, 0.2) is 0 Å². The van der Waals surface area contributed by atoms with Gasteiger partial charge in [0.05, 0.1) is 39.4 Å². The van der Waals surface area contributed by atoms with Crippen LogP contribution in [0.4, 0.5) is 0 Å². The molecule has 0 aliphatic heterocycles. The van der Waals surface area contributed by atoms with Crippen molar-refractivity contribution < 1.29 is 43.2 Å². The number of carbonyl (C=O) groups is 4. The number of carbonyl (C=O) groups excluding carboxylic acids is 3. The topological polar surface area (TPSA) is 137 Å². The van der Waals surface area contributed by atoms with E-state index in [9.17, 15) is 19.2 Å². The molecule has 0 atom stereocenters. The van der Waals surface area contributed by atoms with Crippen LogP contribution in [0.3, 0.4) is 0 Å². The summed E-state index contributed by atoms with van der Waals surface area (Å²) < 4.78 is 19.6. The number of hydrogen-bond acceptors (Lipinski definition) is 8. The minimum atomic E-state index is -0.868. The highest BCUT2D eigenvalue weighted by Gasteiger charge is 2.06. The minimum Gasteiger partial charge on any atom is -0.493 e. The molecule has 10 nitrogen and oxygen atoms in total. The fourth-order valence-corrected chi connectivity index (χ4v) is 4.30. The monoisotopic (exact) mass is 699 g/mol. The third kappa shape index (κ3) is 16.7. The average Bonchev–Trinajstić information content (AvgIpc) is 3.18. The molecule has 51 heavy (non-hydrogen) atoms. The number of esters is 2. The summed E-state index contributed by atoms with van der Waals surface area (Å²) in [5, 5.41) is 11.4. The van der Waals surface area contributed by atoms with Gasteiger partial charge in [0.25, 0.3) is 5.91 Å². The number of carboxylic acids is 1. The van der Waals surface area contributed by atoms with Crippen molar-refractivity contribution in [3.63, 3.8) is 0 Å². The van der Waals surface area contributed by atoms with Crippen molar-refractivity contribution in [2.45, 2.75) is 59.6 Å². The lowest BCUT2D eigenvalue weighted by atomic mass is 10.1. The SMILES string of the molecule is CCc1ccc(C(=O)NCc2ccc(OCCC(=O)OC)cc2)cc1.CCc1ccc(C(=O)O)cc1.CCc1ccc(COCC(=O)OC)cc1. The number of nitrogens with one attached hydrogen (secondary N) is 1. The predicted octanol–water partition coefficient (Wildman–Crippen LogP) is 7.01. The van der Waals surface area contributed by atoms with Crippen LogP contribution in [0.5, 0.6) is 5.75 Å². The Labute approximate surface area is 300 Å². The van der Waals surface area contributed by atoms with E-state index in [0.717, 1.165) is 36.0 Å². The number of rotatable bonds is 15. The van der Waals surface area contributed by atoms with Gasteiger partial charge in [0.1, 0.15) is 12.4 Å². The molecule has 10 heteroatoms. The van der Waals surface area contributed by atoms with E-state index in [4.69, 9.17) is 14.6 Å². The molecule has 0 aromatic heterocycles. The zero-order valence-corrected chi connectivity index (χ0v) is 30.1. The van der Waals surface area contributed by atoms with Gasteiger partial charge in [-0.3, -0.25) is 9.59 Å². The van der Waals surface area contributed by atoms with Crippen molar-refractivity contribution in [2.24, 2.45) is 0 Å². The molecule has 0 aliphatic carbocycles. The first-order chi connectivity index (χ1) is 24.6. The Hall–Kier alpha value is -5.48. The van der Waals surface area contributed by atoms with Crippen molar-refractivity contribution in [1.29, 1.82) is 0 Å². The summed E-state index contributed by atoms with van der Waals surface area (Å²) in [4.78, 5) is 44.3. The predicted molar refractivity (Wildman–Crippen MR) is 196 cm³/mol. The second kappa shape index (κ2) is 23.8. The summed E-state index contributed by atoms with van der Waals surface area (Å²) in [7, 11) is 2.70. The molecule has 0 saturated heterocycles. The van der Waals surface area contributed by atoms with Crippen LogP contribution in [0, 0.1) is 0 Å². The first kappa shape index (κ1) is 41.7. The summed E-state index contributed by atoms with van der Waals surface area (Å²) in [6, 6.07) is 30.1. The van der Waals surface area contributed by atoms with E-state index < -0.39 is 5.97 Å². The largest absolute Gasteiger partial charge is 0.493 e. The molecule has 1 amide bonds. The van der Waals surface area contributed by atoms with Crippen LogP contribution < -0.4 is 10.1 Å². The zero-order valence-electron chi connectivity index (χ0n) is 30.1. The Bertz CT molecular complexity index is 1620. The molecule has 0 aliphatic rings. The molecule has 0 saturated carbocycles. The zero-order chi connectivity index (χ0) is 37.4. The van der Waals surface area contributed by atoms with Crippen molar-refractivity contribution >= 4 is 23.8 Å². The minimum absolute atomic E-state index is 0.00598. The molecule has 2 N–H and O–H groups in total. The number of aromatic carboxylic acids is 1. The Morgan fingerprint density at radius 3 is 1.51 bits per heavy atom. The van der Waals surface area contributed by atoms with Gasteiger partial charge in [-0.1, -0.05) is 81.4 Å². The molecule has 0 bridgehead atoms. The molecule has 4 aromatic carbocycles. The van der Waals surface area contributed by atoms with E-state index in [-0.39, 0.29) is 37.5 Å². The summed E-state index contributed by atoms with van der Waals surface area (Å²) in [6.07, 6.45) is 3.14. The smallest absolute Gasteiger partial charge is 0.335 e. The standard InChI is InChI=1S/C20H23NO4.C12H16O3.C9H10O2/c1-3-15-4-8-17(9-5-15)20(23)21-14-16-6-10-18(11-7-16)25-13-12-19(22)24-2;1-3-10-4-6-11(7-5-10)8-15-9-12(13)14-2;1-2-7-3-5-8(6-4-7)9(10)11/h4-11H,3,12-14H2,1-2H3,(H,21,23);4-7H,3,8-9H2,1-2H3;3-6H,2H2,1H3,(H,10,11). The Kier molecular flexibility index (Phi) is 19.5. The van der Waals surface area contributed by atoms with E-state index in [0.29, 0.717) is 30.0 Å². The lowest BCUT2D eigenvalue weighted by molar-refractivity contribution is -0.146. The number of aryl methyl sites for hydroxylation is 3. The number of benzene rings is 4. The third-order valence-corrected chi connectivity index (χ3v) is 7.56. The second-order valence-corrected chi connectivity index (χ2v) is 11.1. The van der Waals surface area contributed by atoms with Crippen molar-refractivity contribution in [3.8, 4) is 5.75 Å². The fraction of sp³-hybridized carbons (Fsp3) is 0.317. The van der Waals surface area contributed by atoms with Gasteiger partial charge in [-0.15, -0.1) is 0 Å². The lowest BCUT2D eigenvalue weighted by Crippen LogP contribution is -2.22. The van der Waals surface area contributed by atoms with Crippen LogP contribution in [-0.4, -0.2) is 56.4 Å². The van der Waals surface area contributed by atoms with Crippen molar-refractivity contribution in [2.75, 3.05) is 27.4 Å². The summed E-state index contributed by atoms with van der Waals surface area (Å²) >= 11 is 0. The second-order valence-electron chi connectivity index (χ2n) is 11.1. The number of ether oxygens (including phenoxy) is 4. The molecule has 272 valence electrons. The number of carboxylic acid groups (broad SMARTS) is 1. The number of hydrogen-bond donors (Lipinski definition) is 2. The average molecular weight is 700 g/mol. The molecular formula is C41H49NO9. The van der Waals surface area contributed by atoms with Crippen molar-refractivity contribution in [3.05, 3.63) is 136 Å². The van der Waals surface area contributed by atoms with Crippen LogP contribution in [0.25, 0.3) is 0 Å². The highest BCUT2D eigenvalue weighted by Crippen LogP contribution is 2.13. The van der Waals surface area contributed by atoms with E-state index in [1.54, 1.807) is 12.1 Å². The Morgan fingerprint density at radius 1 is 0.588 bits per heavy atom. The molecule has 0 unspecified atom stereocenters. The quantitative estimate of drug-likeness (QED) is 0.126. The molecule has 0 radical (unpaired) electrons. The van der Waals surface area contributed by atoms with Crippen LogP contribution in [0.15, 0.2) is 97.1 Å². The Morgan fingerprint density at radius 2 is 1.04 bits per heavy atom. The van der Waals surface area contributed by atoms with Gasteiger partial charge in [0, 0.05) is 12.1 Å². The number of methoxy groups -OCH3 is 2. The lowest BCUT2D eigenvalue weighted by Gasteiger charge is -2.08. The number of amides is 1. The molecule has 0 heterocycles. The highest BCUT2D eigenvalue weighted by molar-refractivity contribution is 5.94. The van der Waals surface area contributed by atoms with Gasteiger partial charge in [-0.25, -0.2) is 9.59 Å². The van der Waals surface area contributed by atoms with Crippen LogP contribution in [0.1, 0.15) is 75.7 Å². The highest BCUT2D eigenvalue weighted by atomic mass is 16.6. The first-order valence-electron chi connectivity index (χ1n) is 16.8. The summed E-state index contributed by atoms with van der Waals surface area (Å²) in [5.41, 5.74) is 6.71. The van der Waals surface area contributed by atoms with Crippen molar-refractivity contribution in [1.82, 2.24) is 5.32 Å². The maximum Gasteiger partial charge on any atom is 0.335 e. The first-order valence-corrected chi connectivity index (χ1v) is 16.8. The molecule has 0 spiro atoms. The van der Waals surface area contributed by atoms with Gasteiger partial charge in [-0.05, 0) is 83.5 Å².